The van der Waals surface area contributed by atoms with Gasteiger partial charge in [0.2, 0.25) is 0 Å². The fourth-order valence-corrected chi connectivity index (χ4v) is 1.90. The lowest BCUT2D eigenvalue weighted by molar-refractivity contribution is 0.414. The first-order valence-corrected chi connectivity index (χ1v) is 7.12. The van der Waals surface area contributed by atoms with E-state index in [1.807, 2.05) is 48.5 Å². The number of halogens is 2. The van der Waals surface area contributed by atoms with Gasteiger partial charge in [-0.05, 0) is 65.1 Å². The maximum atomic E-state index is 4.97. The molecule has 2 rings (SSSR count). The van der Waals surface area contributed by atoms with Crippen LogP contribution in [0.3, 0.4) is 0 Å². The van der Waals surface area contributed by atoms with E-state index in [0.717, 1.165) is 16.0 Å². The molecular formula is C14H14BrIO2. The van der Waals surface area contributed by atoms with E-state index in [0.29, 0.717) is 0 Å². The van der Waals surface area contributed by atoms with Crippen molar-refractivity contribution < 1.29 is 9.47 Å². The summed E-state index contributed by atoms with van der Waals surface area (Å²) in [4.78, 5) is 0. The number of benzene rings is 2. The highest BCUT2D eigenvalue weighted by molar-refractivity contribution is 14.1. The summed E-state index contributed by atoms with van der Waals surface area (Å²) in [5.74, 6) is 1.79. The number of hydrogen-bond donors (Lipinski definition) is 0. The third-order valence-electron chi connectivity index (χ3n) is 2.08. The molecule has 0 unspecified atom stereocenters. The highest BCUT2D eigenvalue weighted by Gasteiger charge is 1.88. The average Bonchev–Trinajstić information content (AvgIpc) is 2.40. The minimum atomic E-state index is 0.879. The molecule has 0 heterocycles. The molecule has 0 aliphatic heterocycles. The van der Waals surface area contributed by atoms with Gasteiger partial charge in [0.15, 0.2) is 0 Å². The molecule has 0 N–H and O–H groups in total. The molecule has 2 aromatic carbocycles. The smallest absolute Gasteiger partial charge is 0.119 e. The van der Waals surface area contributed by atoms with Crippen molar-refractivity contribution >= 4 is 38.5 Å². The summed E-state index contributed by atoms with van der Waals surface area (Å²) >= 11 is 5.58. The quantitative estimate of drug-likeness (QED) is 0.652. The fourth-order valence-electron chi connectivity index (χ4n) is 1.16. The van der Waals surface area contributed by atoms with E-state index in [2.05, 4.69) is 38.5 Å². The van der Waals surface area contributed by atoms with E-state index in [4.69, 9.17) is 9.47 Å². The molecule has 0 spiro atoms. The van der Waals surface area contributed by atoms with Crippen LogP contribution in [-0.2, 0) is 0 Å². The van der Waals surface area contributed by atoms with E-state index in [1.54, 1.807) is 14.2 Å². The van der Waals surface area contributed by atoms with Crippen molar-refractivity contribution in [1.82, 2.24) is 0 Å². The second kappa shape index (κ2) is 8.37. The van der Waals surface area contributed by atoms with Crippen LogP contribution >= 0.6 is 38.5 Å². The monoisotopic (exact) mass is 420 g/mol. The van der Waals surface area contributed by atoms with Gasteiger partial charge < -0.3 is 9.47 Å². The Hall–Kier alpha value is -0.750. The highest BCUT2D eigenvalue weighted by Crippen LogP contribution is 2.16. The first-order valence-electron chi connectivity index (χ1n) is 5.25. The van der Waals surface area contributed by atoms with E-state index < -0.39 is 0 Å². The average molecular weight is 421 g/mol. The van der Waals surface area contributed by atoms with Crippen molar-refractivity contribution in [3.8, 4) is 11.5 Å². The van der Waals surface area contributed by atoms with Crippen LogP contribution < -0.4 is 9.47 Å². The summed E-state index contributed by atoms with van der Waals surface area (Å²) in [6.45, 7) is 0. The molecule has 0 aliphatic rings. The number of hydrogen-bond acceptors (Lipinski definition) is 2. The summed E-state index contributed by atoms with van der Waals surface area (Å²) in [6, 6.07) is 15.6. The van der Waals surface area contributed by atoms with Gasteiger partial charge >= 0.3 is 0 Å². The van der Waals surface area contributed by atoms with Gasteiger partial charge in [0.05, 0.1) is 14.2 Å². The predicted molar refractivity (Wildman–Crippen MR) is 86.4 cm³/mol. The van der Waals surface area contributed by atoms with Crippen LogP contribution in [0, 0.1) is 3.57 Å². The zero-order chi connectivity index (χ0) is 13.4. The van der Waals surface area contributed by atoms with Gasteiger partial charge in [0.1, 0.15) is 11.5 Å². The van der Waals surface area contributed by atoms with Gasteiger partial charge in [-0.15, -0.1) is 0 Å². The Balaban J connectivity index is 0.000000180. The second-order valence-electron chi connectivity index (χ2n) is 3.32. The van der Waals surface area contributed by atoms with Crippen molar-refractivity contribution in [1.29, 1.82) is 0 Å². The predicted octanol–water partition coefficient (Wildman–Crippen LogP) is 4.76. The van der Waals surface area contributed by atoms with E-state index in [1.165, 1.54) is 3.57 Å². The third-order valence-corrected chi connectivity index (χ3v) is 3.29. The number of rotatable bonds is 2. The molecule has 0 atom stereocenters. The van der Waals surface area contributed by atoms with Crippen molar-refractivity contribution in [2.75, 3.05) is 14.2 Å². The molecule has 0 amide bonds. The summed E-state index contributed by atoms with van der Waals surface area (Å²) in [7, 11) is 3.32. The highest BCUT2D eigenvalue weighted by atomic mass is 127. The molecule has 0 radical (unpaired) electrons. The largest absolute Gasteiger partial charge is 0.497 e. The minimum Gasteiger partial charge on any atom is -0.497 e. The zero-order valence-corrected chi connectivity index (χ0v) is 13.9. The molecule has 0 aliphatic carbocycles. The van der Waals surface area contributed by atoms with Crippen LogP contribution in [0.5, 0.6) is 11.5 Å². The van der Waals surface area contributed by atoms with Crippen molar-refractivity contribution in [2.45, 2.75) is 0 Å². The summed E-state index contributed by atoms with van der Waals surface area (Å²) < 4.78 is 12.2. The Kier molecular flexibility index (Phi) is 7.12. The number of methoxy groups -OCH3 is 2. The number of ether oxygens (including phenoxy) is 2. The van der Waals surface area contributed by atoms with Gasteiger partial charge in [0, 0.05) is 8.04 Å². The van der Waals surface area contributed by atoms with E-state index in [-0.39, 0.29) is 0 Å². The van der Waals surface area contributed by atoms with Gasteiger partial charge in [-0.1, -0.05) is 22.0 Å². The molecule has 4 heteroatoms. The molecule has 2 nitrogen and oxygen atoms in total. The minimum absolute atomic E-state index is 0.879. The van der Waals surface area contributed by atoms with Gasteiger partial charge in [0.25, 0.3) is 0 Å². The first kappa shape index (κ1) is 15.3. The van der Waals surface area contributed by atoms with Crippen molar-refractivity contribution in [3.05, 3.63) is 56.6 Å². The zero-order valence-electron chi connectivity index (χ0n) is 10.2. The lowest BCUT2D eigenvalue weighted by Gasteiger charge is -1.96. The summed E-state index contributed by atoms with van der Waals surface area (Å²) in [5, 5.41) is 0. The van der Waals surface area contributed by atoms with Crippen LogP contribution in [0.2, 0.25) is 0 Å². The molecular weight excluding hydrogens is 407 g/mol. The molecule has 0 saturated heterocycles. The Labute approximate surface area is 130 Å². The Morgan fingerprint density at radius 2 is 1.50 bits per heavy atom. The molecule has 0 fully saturated rings. The molecule has 0 saturated carbocycles. The van der Waals surface area contributed by atoms with Crippen LogP contribution in [0.1, 0.15) is 0 Å². The van der Waals surface area contributed by atoms with Crippen LogP contribution in [0.25, 0.3) is 0 Å². The SMILES string of the molecule is COc1ccc(I)cc1.COc1cccc(Br)c1. The van der Waals surface area contributed by atoms with E-state index in [9.17, 15) is 0 Å². The molecule has 2 aromatic rings. The maximum absolute atomic E-state index is 4.97. The molecule has 0 aromatic heterocycles. The standard InChI is InChI=1S/C7H7BrO.C7H7IO/c1-9-7-4-2-3-6(8)5-7;1-9-7-4-2-6(8)3-5-7/h2*2-5H,1H3. The summed E-state index contributed by atoms with van der Waals surface area (Å²) in [6.07, 6.45) is 0. The lowest BCUT2D eigenvalue weighted by atomic mass is 10.3. The van der Waals surface area contributed by atoms with Gasteiger partial charge in [-0.25, -0.2) is 0 Å². The van der Waals surface area contributed by atoms with Crippen LogP contribution in [0.4, 0.5) is 0 Å². The first-order chi connectivity index (χ1) is 8.65. The van der Waals surface area contributed by atoms with Gasteiger partial charge in [-0.3, -0.25) is 0 Å². The normalized spacial score (nSPS) is 9.11. The molecule has 0 bridgehead atoms. The fraction of sp³-hybridized carbons (Fsp3) is 0.143. The van der Waals surface area contributed by atoms with Crippen LogP contribution in [0.15, 0.2) is 53.0 Å². The maximum Gasteiger partial charge on any atom is 0.119 e. The summed E-state index contributed by atoms with van der Waals surface area (Å²) in [5.41, 5.74) is 0. The second-order valence-corrected chi connectivity index (χ2v) is 5.48. The topological polar surface area (TPSA) is 18.5 Å². The Morgan fingerprint density at radius 3 is 1.94 bits per heavy atom. The Morgan fingerprint density at radius 1 is 0.889 bits per heavy atom. The Bertz CT molecular complexity index is 471. The van der Waals surface area contributed by atoms with Crippen molar-refractivity contribution in [3.63, 3.8) is 0 Å². The van der Waals surface area contributed by atoms with E-state index >= 15 is 0 Å². The van der Waals surface area contributed by atoms with Crippen LogP contribution in [-0.4, -0.2) is 14.2 Å². The van der Waals surface area contributed by atoms with Crippen molar-refractivity contribution in [2.24, 2.45) is 0 Å². The molecule has 18 heavy (non-hydrogen) atoms. The molecule has 96 valence electrons. The third kappa shape index (κ3) is 5.73. The van der Waals surface area contributed by atoms with Gasteiger partial charge in [-0.2, -0.15) is 0 Å². The lowest BCUT2D eigenvalue weighted by Crippen LogP contribution is -1.80.